The molecule has 0 aliphatic heterocycles. The third-order valence-corrected chi connectivity index (χ3v) is 5.86. The number of nitrogens with one attached hydrogen (secondary N) is 2. The maximum Gasteiger partial charge on any atom is 0.249 e. The molecule has 39 heavy (non-hydrogen) atoms. The van der Waals surface area contributed by atoms with Crippen molar-refractivity contribution in [2.75, 3.05) is 13.6 Å². The van der Waals surface area contributed by atoms with E-state index in [2.05, 4.69) is 57.9 Å². The summed E-state index contributed by atoms with van der Waals surface area (Å²) in [6.07, 6.45) is 5.24. The molecule has 0 aliphatic rings. The number of aliphatic imine (C=N–C) groups is 1. The summed E-state index contributed by atoms with van der Waals surface area (Å²) in [5, 5.41) is 11.8. The second-order valence-electron chi connectivity index (χ2n) is 9.68. The van der Waals surface area contributed by atoms with E-state index in [1.54, 1.807) is 25.5 Å². The van der Waals surface area contributed by atoms with Gasteiger partial charge in [-0.2, -0.15) is 0 Å². The van der Waals surface area contributed by atoms with Crippen molar-refractivity contribution >= 4 is 22.6 Å². The number of fused-ring (bicyclic) bond motifs is 1. The molecule has 0 unspecified atom stereocenters. The molecule has 3 heterocycles. The molecular weight excluding hydrogens is 494 g/mol. The lowest BCUT2D eigenvalue weighted by Crippen LogP contribution is -2.23. The summed E-state index contributed by atoms with van der Waals surface area (Å²) in [4.78, 5) is 13.3. The maximum atomic E-state index is 14.1. The molecule has 0 atom stereocenters. The molecule has 0 fully saturated rings. The Balaban J connectivity index is 0.00000181. The van der Waals surface area contributed by atoms with Gasteiger partial charge in [-0.1, -0.05) is 27.7 Å². The van der Waals surface area contributed by atoms with Crippen molar-refractivity contribution in [2.45, 2.75) is 79.6 Å². The monoisotopic (exact) mass is 540 g/mol. The van der Waals surface area contributed by atoms with Crippen LogP contribution in [-0.4, -0.2) is 45.6 Å². The van der Waals surface area contributed by atoms with Gasteiger partial charge in [-0.15, -0.1) is 13.2 Å². The first-order valence-corrected chi connectivity index (χ1v) is 13.7. The van der Waals surface area contributed by atoms with Crippen molar-refractivity contribution in [1.29, 1.82) is 5.41 Å². The summed E-state index contributed by atoms with van der Waals surface area (Å²) in [6.45, 7) is 18.4. The largest absolute Gasteiger partial charge is 0.320 e. The van der Waals surface area contributed by atoms with E-state index in [0.29, 0.717) is 18.2 Å². The van der Waals surface area contributed by atoms with Gasteiger partial charge in [-0.25, -0.2) is 18.8 Å². The van der Waals surface area contributed by atoms with E-state index < -0.39 is 5.92 Å². The number of amidine groups is 1. The summed E-state index contributed by atoms with van der Waals surface area (Å²) < 4.78 is 30.4. The van der Waals surface area contributed by atoms with E-state index in [-0.39, 0.29) is 25.1 Å². The molecule has 0 bridgehead atoms. The number of aryl methyl sites for hydroxylation is 2. The minimum Gasteiger partial charge on any atom is -0.320 e. The van der Waals surface area contributed by atoms with Crippen LogP contribution < -0.4 is 5.32 Å². The number of nitrogens with zero attached hydrogens (tertiary/aromatic N) is 4. The molecule has 3 rings (SSSR count). The van der Waals surface area contributed by atoms with Gasteiger partial charge in [-0.05, 0) is 75.9 Å². The van der Waals surface area contributed by atoms with Gasteiger partial charge < -0.3 is 5.32 Å². The molecular formula is C31H46F2N6. The van der Waals surface area contributed by atoms with Crippen LogP contribution in [-0.2, 0) is 12.8 Å². The fourth-order valence-corrected chi connectivity index (χ4v) is 3.94. The predicted octanol–water partition coefficient (Wildman–Crippen LogP) is 7.82. The Morgan fingerprint density at radius 2 is 1.77 bits per heavy atom. The SMILES string of the molecule is C=C.CC.CNCCC(F)(F)CCc1cnc2c(c1)cc(CCC(C)C)n2-c1ccc(C(=N)N=C(C)C)nc1. The minimum absolute atomic E-state index is 0.128. The zero-order chi connectivity index (χ0) is 29.6. The molecule has 2 N–H and O–H groups in total. The first-order valence-electron chi connectivity index (χ1n) is 13.7. The van der Waals surface area contributed by atoms with Gasteiger partial charge in [0.05, 0.1) is 11.9 Å². The lowest BCUT2D eigenvalue weighted by Gasteiger charge is -2.16. The van der Waals surface area contributed by atoms with Crippen LogP contribution in [0.3, 0.4) is 0 Å². The number of hydrogen-bond acceptors (Lipinski definition) is 4. The van der Waals surface area contributed by atoms with Crippen LogP contribution in [0.1, 0.15) is 77.8 Å². The molecule has 0 amide bonds. The molecule has 214 valence electrons. The Hall–Kier alpha value is -3.26. The number of hydrogen-bond donors (Lipinski definition) is 2. The van der Waals surface area contributed by atoms with E-state index in [4.69, 9.17) is 5.41 Å². The molecule has 0 saturated carbocycles. The second kappa shape index (κ2) is 16.6. The Kier molecular flexibility index (Phi) is 14.4. The van der Waals surface area contributed by atoms with Crippen LogP contribution in [0, 0.1) is 11.3 Å². The highest BCUT2D eigenvalue weighted by atomic mass is 19.3. The average Bonchev–Trinajstić information content (AvgIpc) is 3.29. The van der Waals surface area contributed by atoms with E-state index in [0.717, 1.165) is 46.5 Å². The number of alkyl halides is 2. The lowest BCUT2D eigenvalue weighted by atomic mass is 10.0. The molecule has 0 aromatic carbocycles. The Morgan fingerprint density at radius 1 is 1.08 bits per heavy atom. The number of pyridine rings is 2. The Bertz CT molecular complexity index is 1190. The van der Waals surface area contributed by atoms with Crippen LogP contribution in [0.2, 0.25) is 0 Å². The smallest absolute Gasteiger partial charge is 0.249 e. The summed E-state index contributed by atoms with van der Waals surface area (Å²) in [6, 6.07) is 7.80. The molecule has 8 heteroatoms. The zero-order valence-electron chi connectivity index (χ0n) is 24.7. The van der Waals surface area contributed by atoms with Gasteiger partial charge in [-0.3, -0.25) is 15.0 Å². The van der Waals surface area contributed by atoms with Crippen LogP contribution in [0.25, 0.3) is 16.7 Å². The van der Waals surface area contributed by atoms with Crippen molar-refractivity contribution in [3.05, 3.63) is 66.8 Å². The van der Waals surface area contributed by atoms with Gasteiger partial charge in [0.1, 0.15) is 11.3 Å². The van der Waals surface area contributed by atoms with Crippen molar-refractivity contribution in [1.82, 2.24) is 19.9 Å². The number of aromatic nitrogens is 3. The highest BCUT2D eigenvalue weighted by Crippen LogP contribution is 2.28. The van der Waals surface area contributed by atoms with E-state index in [9.17, 15) is 8.78 Å². The van der Waals surface area contributed by atoms with Crippen LogP contribution >= 0.6 is 0 Å². The quantitative estimate of drug-likeness (QED) is 0.148. The molecule has 3 aromatic heterocycles. The number of halogens is 2. The van der Waals surface area contributed by atoms with Gasteiger partial charge in [0.15, 0.2) is 5.84 Å². The van der Waals surface area contributed by atoms with Crippen LogP contribution in [0.4, 0.5) is 8.78 Å². The molecule has 6 nitrogen and oxygen atoms in total. The Morgan fingerprint density at radius 3 is 2.33 bits per heavy atom. The van der Waals surface area contributed by atoms with Gasteiger partial charge >= 0.3 is 0 Å². The fourth-order valence-electron chi connectivity index (χ4n) is 3.94. The van der Waals surface area contributed by atoms with Crippen LogP contribution in [0.5, 0.6) is 0 Å². The van der Waals surface area contributed by atoms with Crippen molar-refractivity contribution in [3.63, 3.8) is 0 Å². The first-order chi connectivity index (χ1) is 18.6. The second-order valence-corrected chi connectivity index (χ2v) is 9.68. The summed E-state index contributed by atoms with van der Waals surface area (Å²) >= 11 is 0. The first kappa shape index (κ1) is 33.8. The van der Waals surface area contributed by atoms with Gasteiger partial charge in [0.2, 0.25) is 5.92 Å². The lowest BCUT2D eigenvalue weighted by molar-refractivity contribution is -0.0148. The van der Waals surface area contributed by atoms with Crippen molar-refractivity contribution in [2.24, 2.45) is 10.9 Å². The van der Waals surface area contributed by atoms with E-state index >= 15 is 0 Å². The van der Waals surface area contributed by atoms with E-state index in [1.165, 1.54) is 0 Å². The topological polar surface area (TPSA) is 79.0 Å². The minimum atomic E-state index is -2.70. The maximum absolute atomic E-state index is 14.1. The summed E-state index contributed by atoms with van der Waals surface area (Å²) in [7, 11) is 1.68. The van der Waals surface area contributed by atoms with Gasteiger partial charge in [0, 0.05) is 42.4 Å². The molecule has 3 aromatic rings. The predicted molar refractivity (Wildman–Crippen MR) is 162 cm³/mol. The van der Waals surface area contributed by atoms with Crippen molar-refractivity contribution in [3.8, 4) is 5.69 Å². The van der Waals surface area contributed by atoms with Crippen molar-refractivity contribution < 1.29 is 8.78 Å². The normalized spacial score (nSPS) is 10.9. The molecule has 0 aliphatic carbocycles. The highest BCUT2D eigenvalue weighted by molar-refractivity contribution is 6.03. The molecule has 0 spiro atoms. The van der Waals surface area contributed by atoms with E-state index in [1.807, 2.05) is 39.8 Å². The molecule has 0 saturated heterocycles. The zero-order valence-corrected chi connectivity index (χ0v) is 24.7. The standard InChI is InChI=1S/C27H36F2N6.C2H6.C2H4/c1-18(2)6-7-22-15-21-14-20(10-11-27(28,29)12-13-31-5)16-33-26(21)35(22)23-8-9-24(32-17-23)25(30)34-19(3)4;2*1-2/h8-9,14-18,30-31H,6-7,10-13H2,1-5H3;1-2H3;1-2H2. The fraction of sp³-hybridized carbons (Fsp3) is 0.484. The number of rotatable bonds is 11. The average molecular weight is 541 g/mol. The molecule has 0 radical (unpaired) electrons. The Labute approximate surface area is 233 Å². The van der Waals surface area contributed by atoms with Crippen LogP contribution in [0.15, 0.2) is 54.8 Å². The third-order valence-electron chi connectivity index (χ3n) is 5.86. The van der Waals surface area contributed by atoms with Gasteiger partial charge in [0.25, 0.3) is 0 Å². The third kappa shape index (κ3) is 10.4. The summed E-state index contributed by atoms with van der Waals surface area (Å²) in [5.41, 5.74) is 4.85. The summed E-state index contributed by atoms with van der Waals surface area (Å²) in [5.74, 6) is -2.03. The highest BCUT2D eigenvalue weighted by Gasteiger charge is 2.27.